The fourth-order valence-electron chi connectivity index (χ4n) is 1.89. The van der Waals surface area contributed by atoms with E-state index in [1.54, 1.807) is 4.68 Å². The Kier molecular flexibility index (Phi) is 3.79. The second-order valence-corrected chi connectivity index (χ2v) is 4.23. The molecule has 0 unspecified atom stereocenters. The highest BCUT2D eigenvalue weighted by Crippen LogP contribution is 2.06. The molecule has 2 aromatic heterocycles. The molecule has 0 radical (unpaired) electrons. The molecule has 0 bridgehead atoms. The summed E-state index contributed by atoms with van der Waals surface area (Å²) in [6.45, 7) is 2.37. The first-order valence-electron chi connectivity index (χ1n) is 6.08. The van der Waals surface area contributed by atoms with Crippen molar-refractivity contribution in [2.45, 2.75) is 19.9 Å². The molecule has 0 fully saturated rings. The lowest BCUT2D eigenvalue weighted by Gasteiger charge is -2.04. The number of carbonyl (C=O) groups excluding carboxylic acids is 1. The summed E-state index contributed by atoms with van der Waals surface area (Å²) in [4.78, 5) is 26.1. The third kappa shape index (κ3) is 2.90. The number of carbonyl (C=O) groups is 1. The van der Waals surface area contributed by atoms with Crippen LogP contribution in [0.2, 0.25) is 0 Å². The van der Waals surface area contributed by atoms with Gasteiger partial charge in [-0.05, 0) is 6.42 Å². The molecule has 0 atom stereocenters. The van der Waals surface area contributed by atoms with E-state index in [0.29, 0.717) is 6.54 Å². The molecule has 0 aromatic carbocycles. The Bertz CT molecular complexity index is 642. The van der Waals surface area contributed by atoms with E-state index in [9.17, 15) is 9.59 Å². The van der Waals surface area contributed by atoms with Crippen molar-refractivity contribution in [3.05, 3.63) is 51.7 Å². The van der Waals surface area contributed by atoms with E-state index in [-0.39, 0.29) is 16.9 Å². The molecular formula is C13H16N4O2. The molecule has 2 aromatic rings. The number of nitrogens with zero attached hydrogens (tertiary/aromatic N) is 2. The first-order valence-corrected chi connectivity index (χ1v) is 6.08. The lowest BCUT2D eigenvalue weighted by molar-refractivity contribution is 0.0949. The number of nitrogens with one attached hydrogen (secondary N) is 2. The summed E-state index contributed by atoms with van der Waals surface area (Å²) >= 11 is 0. The molecule has 2 rings (SSSR count). The van der Waals surface area contributed by atoms with Gasteiger partial charge >= 0.3 is 0 Å². The van der Waals surface area contributed by atoms with E-state index in [0.717, 1.165) is 17.7 Å². The maximum atomic E-state index is 11.9. The van der Waals surface area contributed by atoms with Crippen molar-refractivity contribution in [1.29, 1.82) is 0 Å². The van der Waals surface area contributed by atoms with Crippen LogP contribution < -0.4 is 10.7 Å². The predicted molar refractivity (Wildman–Crippen MR) is 70.8 cm³/mol. The zero-order chi connectivity index (χ0) is 13.8. The van der Waals surface area contributed by atoms with Gasteiger partial charge in [0.2, 0.25) is 0 Å². The predicted octanol–water partition coefficient (Wildman–Crippen LogP) is 0.601. The van der Waals surface area contributed by atoms with Gasteiger partial charge in [-0.2, -0.15) is 5.10 Å². The summed E-state index contributed by atoms with van der Waals surface area (Å²) in [5, 5.41) is 7.03. The molecule has 6 nitrogen and oxygen atoms in total. The molecular weight excluding hydrogens is 244 g/mol. The van der Waals surface area contributed by atoms with Gasteiger partial charge in [0.25, 0.3) is 5.91 Å². The maximum absolute atomic E-state index is 11.9. The van der Waals surface area contributed by atoms with Gasteiger partial charge in [0.15, 0.2) is 5.43 Å². The molecule has 0 saturated carbocycles. The van der Waals surface area contributed by atoms with Gasteiger partial charge in [-0.3, -0.25) is 14.3 Å². The zero-order valence-electron chi connectivity index (χ0n) is 10.9. The van der Waals surface area contributed by atoms with E-state index >= 15 is 0 Å². The quantitative estimate of drug-likeness (QED) is 0.844. The zero-order valence-corrected chi connectivity index (χ0v) is 10.9. The monoisotopic (exact) mass is 260 g/mol. The first-order chi connectivity index (χ1) is 9.11. The molecule has 2 heterocycles. The Morgan fingerprint density at radius 3 is 3.00 bits per heavy atom. The number of aryl methyl sites for hydroxylation is 2. The van der Waals surface area contributed by atoms with Gasteiger partial charge in [0.05, 0.1) is 5.69 Å². The topological polar surface area (TPSA) is 79.8 Å². The number of hydrogen-bond acceptors (Lipinski definition) is 3. The lowest BCUT2D eigenvalue weighted by atomic mass is 10.2. The Hall–Kier alpha value is -2.37. The van der Waals surface area contributed by atoms with E-state index in [2.05, 4.69) is 15.4 Å². The molecule has 1 amide bonds. The van der Waals surface area contributed by atoms with Gasteiger partial charge in [0.1, 0.15) is 5.56 Å². The van der Waals surface area contributed by atoms with E-state index in [1.165, 1.54) is 18.5 Å². The normalized spacial score (nSPS) is 10.4. The van der Waals surface area contributed by atoms with Crippen LogP contribution in [-0.2, 0) is 20.0 Å². The lowest BCUT2D eigenvalue weighted by Crippen LogP contribution is -2.28. The molecule has 2 N–H and O–H groups in total. The van der Waals surface area contributed by atoms with E-state index < -0.39 is 0 Å². The molecule has 0 saturated heterocycles. The third-order valence-electron chi connectivity index (χ3n) is 2.83. The van der Waals surface area contributed by atoms with Gasteiger partial charge < -0.3 is 10.3 Å². The highest BCUT2D eigenvalue weighted by molar-refractivity contribution is 5.93. The minimum atomic E-state index is -0.382. The largest absolute Gasteiger partial charge is 0.367 e. The van der Waals surface area contributed by atoms with Crippen LogP contribution in [-0.4, -0.2) is 20.7 Å². The van der Waals surface area contributed by atoms with Crippen LogP contribution in [0.3, 0.4) is 0 Å². The SMILES string of the molecule is CCc1nn(C)cc1CNC(=O)c1c[nH]ccc1=O. The van der Waals surface area contributed by atoms with Crippen LogP contribution in [0.15, 0.2) is 29.5 Å². The second-order valence-electron chi connectivity index (χ2n) is 4.23. The second kappa shape index (κ2) is 5.51. The van der Waals surface area contributed by atoms with Crippen molar-refractivity contribution in [1.82, 2.24) is 20.1 Å². The summed E-state index contributed by atoms with van der Waals surface area (Å²) < 4.78 is 1.72. The fourth-order valence-corrected chi connectivity index (χ4v) is 1.89. The standard InChI is InChI=1S/C13H16N4O2/c1-3-11-9(8-17(2)16-11)6-15-13(19)10-7-14-5-4-12(10)18/h4-5,7-8H,3,6H2,1-2H3,(H,14,18)(H,15,19). The number of rotatable bonds is 4. The van der Waals surface area contributed by atoms with Gasteiger partial charge in [-0.25, -0.2) is 0 Å². The molecule has 6 heteroatoms. The van der Waals surface area contributed by atoms with Crippen LogP contribution in [0.4, 0.5) is 0 Å². The van der Waals surface area contributed by atoms with Crippen molar-refractivity contribution in [3.63, 3.8) is 0 Å². The molecule has 0 aliphatic heterocycles. The Balaban J connectivity index is 2.09. The summed E-state index contributed by atoms with van der Waals surface area (Å²) in [7, 11) is 1.84. The summed E-state index contributed by atoms with van der Waals surface area (Å²) in [5.74, 6) is -0.382. The van der Waals surface area contributed by atoms with E-state index in [1.807, 2.05) is 20.2 Å². The van der Waals surface area contributed by atoms with Gasteiger partial charge in [-0.1, -0.05) is 6.92 Å². The number of pyridine rings is 1. The van der Waals surface area contributed by atoms with Gasteiger partial charge in [-0.15, -0.1) is 0 Å². The average Bonchev–Trinajstić information content (AvgIpc) is 2.77. The van der Waals surface area contributed by atoms with E-state index in [4.69, 9.17) is 0 Å². The average molecular weight is 260 g/mol. The van der Waals surface area contributed by atoms with Crippen molar-refractivity contribution < 1.29 is 4.79 Å². The van der Waals surface area contributed by atoms with Crippen LogP contribution in [0, 0.1) is 0 Å². The highest BCUT2D eigenvalue weighted by Gasteiger charge is 2.11. The Morgan fingerprint density at radius 2 is 2.32 bits per heavy atom. The molecule has 0 aliphatic carbocycles. The van der Waals surface area contributed by atoms with Crippen molar-refractivity contribution in [2.75, 3.05) is 0 Å². The molecule has 19 heavy (non-hydrogen) atoms. The van der Waals surface area contributed by atoms with Crippen LogP contribution in [0.25, 0.3) is 0 Å². The van der Waals surface area contributed by atoms with Crippen molar-refractivity contribution in [2.24, 2.45) is 7.05 Å². The highest BCUT2D eigenvalue weighted by atomic mass is 16.2. The number of aromatic nitrogens is 3. The molecule has 100 valence electrons. The maximum Gasteiger partial charge on any atom is 0.257 e. The summed E-state index contributed by atoms with van der Waals surface area (Å²) in [6.07, 6.45) is 5.57. The minimum Gasteiger partial charge on any atom is -0.367 e. The Morgan fingerprint density at radius 1 is 1.53 bits per heavy atom. The smallest absolute Gasteiger partial charge is 0.257 e. The third-order valence-corrected chi connectivity index (χ3v) is 2.83. The minimum absolute atomic E-state index is 0.115. The molecule has 0 aliphatic rings. The van der Waals surface area contributed by atoms with Crippen LogP contribution >= 0.6 is 0 Å². The van der Waals surface area contributed by atoms with Crippen molar-refractivity contribution in [3.8, 4) is 0 Å². The van der Waals surface area contributed by atoms with Crippen LogP contribution in [0.1, 0.15) is 28.5 Å². The Labute approximate surface area is 110 Å². The summed E-state index contributed by atoms with van der Waals surface area (Å²) in [5.41, 5.74) is 1.73. The van der Waals surface area contributed by atoms with Crippen LogP contribution in [0.5, 0.6) is 0 Å². The number of H-pyrrole nitrogens is 1. The first kappa shape index (κ1) is 13.1. The van der Waals surface area contributed by atoms with Gasteiger partial charge in [0, 0.05) is 43.8 Å². The fraction of sp³-hybridized carbons (Fsp3) is 0.308. The van der Waals surface area contributed by atoms with Crippen molar-refractivity contribution >= 4 is 5.91 Å². The number of aromatic amines is 1. The summed E-state index contributed by atoms with van der Waals surface area (Å²) in [6, 6.07) is 1.33. The number of hydrogen-bond donors (Lipinski definition) is 2. The number of amides is 1. The molecule has 0 spiro atoms.